The lowest BCUT2D eigenvalue weighted by Crippen LogP contribution is -2.12. The van der Waals surface area contributed by atoms with E-state index >= 15 is 0 Å². The number of anilines is 1. The Morgan fingerprint density at radius 3 is 2.50 bits per heavy atom. The van der Waals surface area contributed by atoms with Gasteiger partial charge in [0.1, 0.15) is 16.9 Å². The normalized spacial score (nSPS) is 10.8. The van der Waals surface area contributed by atoms with Gasteiger partial charge in [0.2, 0.25) is 0 Å². The van der Waals surface area contributed by atoms with E-state index in [1.807, 2.05) is 13.0 Å². The van der Waals surface area contributed by atoms with Crippen LogP contribution in [-0.4, -0.2) is 25.9 Å². The van der Waals surface area contributed by atoms with Crippen LogP contribution in [-0.2, 0) is 0 Å². The monoisotopic (exact) mass is 347 g/mol. The number of aromatic nitrogens is 4. The number of halogens is 1. The van der Waals surface area contributed by atoms with E-state index in [9.17, 15) is 9.18 Å². The van der Waals surface area contributed by atoms with E-state index in [1.165, 1.54) is 23.1 Å². The van der Waals surface area contributed by atoms with Crippen molar-refractivity contribution in [3.8, 4) is 5.69 Å². The van der Waals surface area contributed by atoms with Crippen molar-refractivity contribution < 1.29 is 9.18 Å². The Hall–Kier alpha value is -3.61. The van der Waals surface area contributed by atoms with Crippen molar-refractivity contribution >= 4 is 22.6 Å². The first-order valence-electron chi connectivity index (χ1n) is 7.95. The van der Waals surface area contributed by atoms with Crippen molar-refractivity contribution in [3.63, 3.8) is 0 Å². The van der Waals surface area contributed by atoms with Gasteiger partial charge < -0.3 is 5.32 Å². The fourth-order valence-electron chi connectivity index (χ4n) is 2.58. The molecule has 7 heteroatoms. The minimum absolute atomic E-state index is 0.244. The summed E-state index contributed by atoms with van der Waals surface area (Å²) in [6, 6.07) is 12.9. The summed E-state index contributed by atoms with van der Waals surface area (Å²) in [6.07, 6.45) is 3.12. The quantitative estimate of drug-likeness (QED) is 0.615. The fourth-order valence-corrected chi connectivity index (χ4v) is 2.58. The summed E-state index contributed by atoms with van der Waals surface area (Å²) in [7, 11) is 0. The van der Waals surface area contributed by atoms with Crippen LogP contribution in [0.5, 0.6) is 0 Å². The maximum Gasteiger partial charge on any atom is 0.257 e. The first-order valence-corrected chi connectivity index (χ1v) is 7.95. The number of hydrogen-bond donors (Lipinski definition) is 1. The minimum atomic E-state index is -0.318. The molecule has 1 amide bonds. The predicted octanol–water partition coefficient (Wildman–Crippen LogP) is 3.52. The molecule has 0 saturated carbocycles. The molecule has 0 spiro atoms. The molecule has 0 bridgehead atoms. The molecule has 0 unspecified atom stereocenters. The third-order valence-corrected chi connectivity index (χ3v) is 3.96. The van der Waals surface area contributed by atoms with Crippen LogP contribution in [0.15, 0.2) is 60.9 Å². The first-order chi connectivity index (χ1) is 12.6. The van der Waals surface area contributed by atoms with Crippen LogP contribution in [0.4, 0.5) is 10.1 Å². The number of benzene rings is 2. The fraction of sp³-hybridized carbons (Fsp3) is 0.0526. The molecule has 0 aliphatic carbocycles. The number of carbonyl (C=O) groups is 1. The number of carbonyl (C=O) groups excluding carboxylic acids is 1. The number of pyridine rings is 1. The highest BCUT2D eigenvalue weighted by molar-refractivity contribution is 6.05. The third-order valence-electron chi connectivity index (χ3n) is 3.96. The molecule has 0 aliphatic heterocycles. The standard InChI is InChI=1S/C19H14FN5O/c1-12-9-17-18(24-25(23-17)15-6-4-14(20)5-7-15)10-16(12)22-19(26)13-3-2-8-21-11-13/h2-11H,1H3,(H,22,26). The smallest absolute Gasteiger partial charge is 0.257 e. The van der Waals surface area contributed by atoms with E-state index in [1.54, 1.807) is 36.5 Å². The number of hydrogen-bond acceptors (Lipinski definition) is 4. The Morgan fingerprint density at radius 1 is 1.08 bits per heavy atom. The zero-order valence-electron chi connectivity index (χ0n) is 13.8. The average Bonchev–Trinajstić information content (AvgIpc) is 3.06. The van der Waals surface area contributed by atoms with Crippen molar-refractivity contribution in [1.29, 1.82) is 0 Å². The summed E-state index contributed by atoms with van der Waals surface area (Å²) >= 11 is 0. The summed E-state index contributed by atoms with van der Waals surface area (Å²) in [5.74, 6) is -0.562. The Balaban J connectivity index is 1.67. The van der Waals surface area contributed by atoms with E-state index in [-0.39, 0.29) is 11.7 Å². The van der Waals surface area contributed by atoms with Crippen molar-refractivity contribution in [1.82, 2.24) is 20.0 Å². The molecular weight excluding hydrogens is 333 g/mol. The number of nitrogens with one attached hydrogen (secondary N) is 1. The minimum Gasteiger partial charge on any atom is -0.322 e. The Bertz CT molecular complexity index is 1090. The summed E-state index contributed by atoms with van der Waals surface area (Å²) in [6.45, 7) is 1.88. The summed E-state index contributed by atoms with van der Waals surface area (Å²) in [4.78, 5) is 17.7. The van der Waals surface area contributed by atoms with Crippen molar-refractivity contribution in [2.75, 3.05) is 5.32 Å². The molecule has 2 aromatic carbocycles. The van der Waals surface area contributed by atoms with Gasteiger partial charge in [-0.25, -0.2) is 4.39 Å². The number of aryl methyl sites for hydroxylation is 1. The predicted molar refractivity (Wildman–Crippen MR) is 95.8 cm³/mol. The molecule has 1 N–H and O–H groups in total. The van der Waals surface area contributed by atoms with Crippen LogP contribution in [0.2, 0.25) is 0 Å². The second-order valence-electron chi connectivity index (χ2n) is 5.82. The van der Waals surface area contributed by atoms with Crippen molar-refractivity contribution in [2.45, 2.75) is 6.92 Å². The Labute approximate surface area is 148 Å². The third kappa shape index (κ3) is 3.02. The van der Waals surface area contributed by atoms with Gasteiger partial charge >= 0.3 is 0 Å². The van der Waals surface area contributed by atoms with Crippen molar-refractivity contribution in [2.24, 2.45) is 0 Å². The molecule has 4 aromatic rings. The van der Waals surface area contributed by atoms with E-state index in [2.05, 4.69) is 20.5 Å². The first kappa shape index (κ1) is 15.9. The molecule has 2 heterocycles. The maximum absolute atomic E-state index is 13.1. The lowest BCUT2D eigenvalue weighted by molar-refractivity contribution is 0.102. The highest BCUT2D eigenvalue weighted by atomic mass is 19.1. The van der Waals surface area contributed by atoms with Gasteiger partial charge in [-0.3, -0.25) is 9.78 Å². The molecule has 128 valence electrons. The Kier molecular flexibility index (Phi) is 3.89. The van der Waals surface area contributed by atoms with Gasteiger partial charge in [0.25, 0.3) is 5.91 Å². The van der Waals surface area contributed by atoms with Gasteiger partial charge in [0.15, 0.2) is 0 Å². The van der Waals surface area contributed by atoms with Gasteiger partial charge in [-0.2, -0.15) is 4.80 Å². The SMILES string of the molecule is Cc1cc2nn(-c3ccc(F)cc3)nc2cc1NC(=O)c1cccnc1. The largest absolute Gasteiger partial charge is 0.322 e. The summed E-state index contributed by atoms with van der Waals surface area (Å²) in [5, 5.41) is 11.7. The van der Waals surface area contributed by atoms with Crippen LogP contribution in [0.1, 0.15) is 15.9 Å². The van der Waals surface area contributed by atoms with E-state index in [4.69, 9.17) is 0 Å². The average molecular weight is 347 g/mol. The lowest BCUT2D eigenvalue weighted by Gasteiger charge is -2.07. The van der Waals surface area contributed by atoms with Crippen LogP contribution in [0, 0.1) is 12.7 Å². The molecule has 0 fully saturated rings. The highest BCUT2D eigenvalue weighted by Crippen LogP contribution is 2.22. The number of nitrogens with zero attached hydrogens (tertiary/aromatic N) is 4. The van der Waals surface area contributed by atoms with Crippen LogP contribution < -0.4 is 5.32 Å². The molecule has 26 heavy (non-hydrogen) atoms. The lowest BCUT2D eigenvalue weighted by atomic mass is 10.1. The van der Waals surface area contributed by atoms with Gasteiger partial charge in [0, 0.05) is 18.1 Å². The van der Waals surface area contributed by atoms with E-state index < -0.39 is 0 Å². The van der Waals surface area contributed by atoms with Crippen LogP contribution in [0.3, 0.4) is 0 Å². The zero-order valence-corrected chi connectivity index (χ0v) is 13.8. The maximum atomic E-state index is 13.1. The van der Waals surface area contributed by atoms with E-state index in [0.717, 1.165) is 5.56 Å². The summed E-state index contributed by atoms with van der Waals surface area (Å²) in [5.41, 5.74) is 3.95. The Morgan fingerprint density at radius 2 is 1.81 bits per heavy atom. The van der Waals surface area contributed by atoms with Crippen LogP contribution >= 0.6 is 0 Å². The number of fused-ring (bicyclic) bond motifs is 1. The molecule has 0 radical (unpaired) electrons. The molecule has 0 atom stereocenters. The van der Waals surface area contributed by atoms with Gasteiger partial charge in [-0.1, -0.05) is 0 Å². The molecule has 0 aliphatic rings. The second-order valence-corrected chi connectivity index (χ2v) is 5.82. The van der Waals surface area contributed by atoms with Gasteiger partial charge in [-0.05, 0) is 61.0 Å². The molecule has 4 rings (SSSR count). The number of rotatable bonds is 3. The number of amides is 1. The molecule has 2 aromatic heterocycles. The topological polar surface area (TPSA) is 72.7 Å². The van der Waals surface area contributed by atoms with Gasteiger partial charge in [-0.15, -0.1) is 10.2 Å². The van der Waals surface area contributed by atoms with Crippen molar-refractivity contribution in [3.05, 3.63) is 77.9 Å². The second kappa shape index (κ2) is 6.36. The zero-order chi connectivity index (χ0) is 18.1. The highest BCUT2D eigenvalue weighted by Gasteiger charge is 2.12. The van der Waals surface area contributed by atoms with E-state index in [0.29, 0.717) is 28.0 Å². The molecule has 6 nitrogen and oxygen atoms in total. The van der Waals surface area contributed by atoms with Gasteiger partial charge in [0.05, 0.1) is 11.3 Å². The molecule has 0 saturated heterocycles. The molecular formula is C19H14FN5O. The van der Waals surface area contributed by atoms with Crippen LogP contribution in [0.25, 0.3) is 16.7 Å². The summed E-state index contributed by atoms with van der Waals surface area (Å²) < 4.78 is 13.1.